The molecule has 0 aliphatic heterocycles. The fourth-order valence-electron chi connectivity index (χ4n) is 1.98. The van der Waals surface area contributed by atoms with Crippen LogP contribution in [0.3, 0.4) is 0 Å². The van der Waals surface area contributed by atoms with E-state index in [4.69, 9.17) is 5.11 Å². The zero-order valence-corrected chi connectivity index (χ0v) is 19.4. The molecular formula is C23H44O4S. The lowest BCUT2D eigenvalue weighted by atomic mass is 10.1. The predicted octanol–water partition coefficient (Wildman–Crippen LogP) is 7.00. The van der Waals surface area contributed by atoms with Crippen LogP contribution in [0.1, 0.15) is 97.8 Å². The van der Waals surface area contributed by atoms with Crippen LogP contribution in [-0.4, -0.2) is 29.4 Å². The highest BCUT2D eigenvalue weighted by Gasteiger charge is 1.92. The van der Waals surface area contributed by atoms with E-state index in [-0.39, 0.29) is 11.5 Å². The molecule has 0 amide bonds. The summed E-state index contributed by atoms with van der Waals surface area (Å²) in [5.74, 6) is -0.199. The third-order valence-electron chi connectivity index (χ3n) is 3.79. The highest BCUT2D eigenvalue weighted by Crippen LogP contribution is 2.10. The minimum absolute atomic E-state index is 0.176. The average molecular weight is 417 g/mol. The van der Waals surface area contributed by atoms with Gasteiger partial charge < -0.3 is 9.84 Å². The molecule has 5 heteroatoms. The second-order valence-electron chi connectivity index (χ2n) is 6.72. The number of unbranched alkanes of at least 4 members (excludes halogenated alkanes) is 10. The van der Waals surface area contributed by atoms with Gasteiger partial charge in [0.2, 0.25) is 0 Å². The zero-order valence-electron chi connectivity index (χ0n) is 18.5. The lowest BCUT2D eigenvalue weighted by Crippen LogP contribution is -2.00. The molecule has 0 fully saturated rings. The zero-order chi connectivity index (χ0) is 22.0. The van der Waals surface area contributed by atoms with E-state index in [1.54, 1.807) is 0 Å². The number of aliphatic carboxylic acids is 1. The van der Waals surface area contributed by atoms with Crippen molar-refractivity contribution in [3.8, 4) is 0 Å². The number of carbonyl (C=O) groups is 2. The lowest BCUT2D eigenvalue weighted by molar-refractivity contribution is -0.138. The van der Waals surface area contributed by atoms with Gasteiger partial charge in [-0.3, -0.25) is 0 Å². The fraction of sp³-hybridized carbons (Fsp3) is 0.739. The number of thiol groups is 1. The molecule has 0 unspecified atom stereocenters. The molecule has 0 aromatic heterocycles. The van der Waals surface area contributed by atoms with Crippen molar-refractivity contribution in [1.29, 1.82) is 0 Å². The van der Waals surface area contributed by atoms with Crippen molar-refractivity contribution in [2.24, 2.45) is 0 Å². The minimum atomic E-state index is -0.935. The highest BCUT2D eigenvalue weighted by molar-refractivity contribution is 7.80. The van der Waals surface area contributed by atoms with Crippen LogP contribution in [0.5, 0.6) is 0 Å². The topological polar surface area (TPSA) is 63.6 Å². The molecule has 0 bridgehead atoms. The van der Waals surface area contributed by atoms with Crippen LogP contribution in [0.15, 0.2) is 24.8 Å². The predicted molar refractivity (Wildman–Crippen MR) is 124 cm³/mol. The second-order valence-corrected chi connectivity index (χ2v) is 7.16. The van der Waals surface area contributed by atoms with E-state index in [0.717, 1.165) is 18.6 Å². The molecule has 0 heterocycles. The van der Waals surface area contributed by atoms with Gasteiger partial charge in [-0.1, -0.05) is 91.2 Å². The van der Waals surface area contributed by atoms with Crippen LogP contribution in [-0.2, 0) is 14.3 Å². The number of carboxylic acids is 1. The first-order valence-corrected chi connectivity index (χ1v) is 11.3. The van der Waals surface area contributed by atoms with Gasteiger partial charge in [-0.2, -0.15) is 12.6 Å². The van der Waals surface area contributed by atoms with Gasteiger partial charge in [-0.15, -0.1) is 0 Å². The van der Waals surface area contributed by atoms with Gasteiger partial charge in [0.05, 0.1) is 6.61 Å². The van der Waals surface area contributed by atoms with E-state index >= 15 is 0 Å². The van der Waals surface area contributed by atoms with Crippen LogP contribution < -0.4 is 0 Å². The number of carbonyl (C=O) groups excluding carboxylic acids is 1. The summed E-state index contributed by atoms with van der Waals surface area (Å²) < 4.78 is 4.67. The van der Waals surface area contributed by atoms with Crippen molar-refractivity contribution < 1.29 is 19.4 Å². The Kier molecular flexibility index (Phi) is 31.4. The summed E-state index contributed by atoms with van der Waals surface area (Å²) in [6.07, 6.45) is 17.3. The van der Waals surface area contributed by atoms with Gasteiger partial charge in [-0.25, -0.2) is 9.59 Å². The summed E-state index contributed by atoms with van der Waals surface area (Å²) in [6, 6.07) is 0. The summed E-state index contributed by atoms with van der Waals surface area (Å²) in [5.41, 5.74) is 0.176. The molecule has 0 radical (unpaired) electrons. The lowest BCUT2D eigenvalue weighted by Gasteiger charge is -2.00. The van der Waals surface area contributed by atoms with Crippen molar-refractivity contribution >= 4 is 24.6 Å². The fourth-order valence-corrected chi connectivity index (χ4v) is 2.20. The number of hydrogen-bond acceptors (Lipinski definition) is 4. The van der Waals surface area contributed by atoms with Crippen LogP contribution in [0.4, 0.5) is 0 Å². The summed E-state index contributed by atoms with van der Waals surface area (Å²) >= 11 is 4.20. The average Bonchev–Trinajstić information content (AvgIpc) is 2.67. The first kappa shape index (κ1) is 31.5. The molecule has 4 nitrogen and oxygen atoms in total. The van der Waals surface area contributed by atoms with E-state index in [2.05, 4.69) is 37.4 Å². The van der Waals surface area contributed by atoms with E-state index in [0.29, 0.717) is 6.61 Å². The Labute approximate surface area is 179 Å². The van der Waals surface area contributed by atoms with Gasteiger partial charge in [-0.05, 0) is 25.5 Å². The van der Waals surface area contributed by atoms with E-state index in [9.17, 15) is 9.59 Å². The van der Waals surface area contributed by atoms with Gasteiger partial charge >= 0.3 is 11.9 Å². The maximum atomic E-state index is 10.3. The standard InChI is InChI=1S/C12H26S.C7H12O2.C4H6O2/c1-2-3-4-5-6-7-8-9-10-11-12-13;1-3-5-6-9-7(8)4-2;1-3(2)4(5)6/h13H,2-12H2,1H3;4H,2-3,5-6H2,1H3;1H2,2H3,(H,5,6). The smallest absolute Gasteiger partial charge is 0.330 e. The van der Waals surface area contributed by atoms with E-state index in [1.165, 1.54) is 77.2 Å². The monoisotopic (exact) mass is 416 g/mol. The molecule has 166 valence electrons. The largest absolute Gasteiger partial charge is 0.478 e. The quantitative estimate of drug-likeness (QED) is 0.130. The molecule has 0 aromatic rings. The van der Waals surface area contributed by atoms with Crippen LogP contribution in [0, 0.1) is 0 Å². The number of hydrogen-bond donors (Lipinski definition) is 2. The Morgan fingerprint density at radius 1 is 0.893 bits per heavy atom. The van der Waals surface area contributed by atoms with Gasteiger partial charge in [0.25, 0.3) is 0 Å². The minimum Gasteiger partial charge on any atom is -0.478 e. The molecule has 1 N–H and O–H groups in total. The van der Waals surface area contributed by atoms with Crippen LogP contribution in [0.2, 0.25) is 0 Å². The first-order chi connectivity index (χ1) is 13.4. The summed E-state index contributed by atoms with van der Waals surface area (Å²) in [4.78, 5) is 19.9. The molecule has 0 aromatic carbocycles. The first-order valence-electron chi connectivity index (χ1n) is 10.7. The Hall–Kier alpha value is -1.23. The Morgan fingerprint density at radius 3 is 1.61 bits per heavy atom. The van der Waals surface area contributed by atoms with Crippen molar-refractivity contribution in [2.45, 2.75) is 97.8 Å². The van der Waals surface area contributed by atoms with Crippen LogP contribution in [0.25, 0.3) is 0 Å². The van der Waals surface area contributed by atoms with Crippen molar-refractivity contribution in [3.63, 3.8) is 0 Å². The Balaban J connectivity index is -0.000000362. The third-order valence-corrected chi connectivity index (χ3v) is 4.10. The molecule has 0 saturated heterocycles. The van der Waals surface area contributed by atoms with Gasteiger partial charge in [0, 0.05) is 11.6 Å². The van der Waals surface area contributed by atoms with Crippen molar-refractivity contribution in [3.05, 3.63) is 24.8 Å². The Morgan fingerprint density at radius 2 is 1.29 bits per heavy atom. The molecule has 0 aliphatic rings. The highest BCUT2D eigenvalue weighted by atomic mass is 32.1. The van der Waals surface area contributed by atoms with E-state index < -0.39 is 5.97 Å². The molecular weight excluding hydrogens is 372 g/mol. The molecule has 0 rings (SSSR count). The van der Waals surface area contributed by atoms with Crippen molar-refractivity contribution in [1.82, 2.24) is 0 Å². The maximum Gasteiger partial charge on any atom is 0.330 e. The molecule has 0 aliphatic carbocycles. The van der Waals surface area contributed by atoms with Gasteiger partial charge in [0.1, 0.15) is 0 Å². The van der Waals surface area contributed by atoms with E-state index in [1.807, 2.05) is 6.92 Å². The number of carboxylic acid groups (broad SMARTS) is 1. The summed E-state index contributed by atoms with van der Waals surface area (Å²) in [7, 11) is 0. The summed E-state index contributed by atoms with van der Waals surface area (Å²) in [5, 5.41) is 7.89. The Bertz CT molecular complexity index is 359. The number of ether oxygens (including phenoxy) is 1. The normalized spacial score (nSPS) is 9.29. The SMILES string of the molecule is C=C(C)C(=O)O.C=CC(=O)OCCCC.CCCCCCCCCCCCS. The third kappa shape index (κ3) is 35.8. The second kappa shape index (κ2) is 28.0. The maximum absolute atomic E-state index is 10.3. The van der Waals surface area contributed by atoms with Crippen molar-refractivity contribution in [2.75, 3.05) is 12.4 Å². The molecule has 0 spiro atoms. The number of esters is 1. The summed E-state index contributed by atoms with van der Waals surface area (Å²) in [6.45, 7) is 12.7. The molecule has 0 saturated carbocycles. The van der Waals surface area contributed by atoms with Crippen LogP contribution >= 0.6 is 12.6 Å². The van der Waals surface area contributed by atoms with Gasteiger partial charge in [0.15, 0.2) is 0 Å². The molecule has 28 heavy (non-hydrogen) atoms. The number of rotatable bonds is 15. The molecule has 0 atom stereocenters.